The van der Waals surface area contributed by atoms with Crippen molar-refractivity contribution in [1.82, 2.24) is 0 Å². The molecule has 0 saturated heterocycles. The fourth-order valence-electron chi connectivity index (χ4n) is 1.53. The fourth-order valence-corrected chi connectivity index (χ4v) is 1.53. The SMILES string of the molecule is NC(=O)CC(O)C(O)c1cc(OC(F)(F)F)ccc1N. The van der Waals surface area contributed by atoms with E-state index in [1.54, 1.807) is 0 Å². The average Bonchev–Trinajstić information content (AvgIpc) is 2.28. The Bertz CT molecular complexity index is 493. The second kappa shape index (κ2) is 5.97. The summed E-state index contributed by atoms with van der Waals surface area (Å²) in [5.41, 5.74) is 10.1. The molecule has 1 aromatic carbocycles. The van der Waals surface area contributed by atoms with Crippen molar-refractivity contribution in [2.24, 2.45) is 5.73 Å². The Morgan fingerprint density at radius 3 is 2.45 bits per heavy atom. The van der Waals surface area contributed by atoms with Gasteiger partial charge in [-0.3, -0.25) is 4.79 Å². The molecule has 0 saturated carbocycles. The normalized spacial score (nSPS) is 14.7. The molecule has 1 amide bonds. The quantitative estimate of drug-likeness (QED) is 0.587. The van der Waals surface area contributed by atoms with Gasteiger partial charge in [0.25, 0.3) is 0 Å². The molecular weight excluding hydrogens is 281 g/mol. The van der Waals surface area contributed by atoms with Crippen LogP contribution in [0.25, 0.3) is 0 Å². The highest BCUT2D eigenvalue weighted by Crippen LogP contribution is 2.31. The number of halogens is 3. The predicted octanol–water partition coefficient (Wildman–Crippen LogP) is 0.437. The van der Waals surface area contributed by atoms with Gasteiger partial charge in [-0.05, 0) is 18.2 Å². The first-order valence-electron chi connectivity index (χ1n) is 5.39. The lowest BCUT2D eigenvalue weighted by Crippen LogP contribution is -2.26. The van der Waals surface area contributed by atoms with Gasteiger partial charge in [0.05, 0.1) is 12.5 Å². The van der Waals surface area contributed by atoms with Gasteiger partial charge in [-0.15, -0.1) is 13.2 Å². The van der Waals surface area contributed by atoms with Crippen LogP contribution >= 0.6 is 0 Å². The highest BCUT2D eigenvalue weighted by molar-refractivity contribution is 5.74. The number of alkyl halides is 3. The van der Waals surface area contributed by atoms with Crippen molar-refractivity contribution in [3.63, 3.8) is 0 Å². The third kappa shape index (κ3) is 4.59. The molecule has 2 atom stereocenters. The Morgan fingerprint density at radius 1 is 1.35 bits per heavy atom. The third-order valence-electron chi connectivity index (χ3n) is 2.39. The van der Waals surface area contributed by atoms with Crippen molar-refractivity contribution >= 4 is 11.6 Å². The number of carbonyl (C=O) groups is 1. The second-order valence-electron chi connectivity index (χ2n) is 4.02. The Hall–Kier alpha value is -2.00. The predicted molar refractivity (Wildman–Crippen MR) is 62.3 cm³/mol. The number of hydrogen-bond acceptors (Lipinski definition) is 5. The van der Waals surface area contributed by atoms with Crippen LogP contribution < -0.4 is 16.2 Å². The fraction of sp³-hybridized carbons (Fsp3) is 0.364. The molecule has 6 N–H and O–H groups in total. The van der Waals surface area contributed by atoms with E-state index in [0.717, 1.165) is 18.2 Å². The highest BCUT2D eigenvalue weighted by atomic mass is 19.4. The van der Waals surface area contributed by atoms with E-state index in [1.165, 1.54) is 0 Å². The first-order chi connectivity index (χ1) is 9.10. The first kappa shape index (κ1) is 16.1. The maximum Gasteiger partial charge on any atom is 0.573 e. The van der Waals surface area contributed by atoms with Gasteiger partial charge >= 0.3 is 6.36 Å². The van der Waals surface area contributed by atoms with Crippen molar-refractivity contribution < 1.29 is 32.9 Å². The molecule has 0 aliphatic rings. The number of amides is 1. The minimum Gasteiger partial charge on any atom is -0.406 e. The summed E-state index contributed by atoms with van der Waals surface area (Å²) in [4.78, 5) is 10.6. The number of carbonyl (C=O) groups excluding carboxylic acids is 1. The maximum absolute atomic E-state index is 12.1. The van der Waals surface area contributed by atoms with Crippen LogP contribution in [0, 0.1) is 0 Å². The van der Waals surface area contributed by atoms with E-state index in [0.29, 0.717) is 0 Å². The zero-order valence-electron chi connectivity index (χ0n) is 10.1. The Morgan fingerprint density at radius 2 is 1.95 bits per heavy atom. The highest BCUT2D eigenvalue weighted by Gasteiger charge is 2.32. The molecule has 1 rings (SSSR count). The zero-order valence-corrected chi connectivity index (χ0v) is 10.1. The Labute approximate surface area is 111 Å². The summed E-state index contributed by atoms with van der Waals surface area (Å²) in [6.07, 6.45) is -8.72. The molecule has 0 aliphatic heterocycles. The van der Waals surface area contributed by atoms with Gasteiger partial charge in [0.2, 0.25) is 5.91 Å². The number of rotatable bonds is 5. The number of nitrogens with two attached hydrogens (primary N) is 2. The third-order valence-corrected chi connectivity index (χ3v) is 2.39. The molecule has 1 aromatic rings. The van der Waals surface area contributed by atoms with E-state index in [9.17, 15) is 28.2 Å². The van der Waals surface area contributed by atoms with Crippen molar-refractivity contribution in [2.45, 2.75) is 25.0 Å². The van der Waals surface area contributed by atoms with Gasteiger partial charge in [-0.2, -0.15) is 0 Å². The molecule has 20 heavy (non-hydrogen) atoms. The topological polar surface area (TPSA) is 119 Å². The standard InChI is InChI=1S/C11H13F3N2O4/c12-11(13,14)20-5-1-2-7(15)6(3-5)10(19)8(17)4-9(16)18/h1-3,8,10,17,19H,4,15H2,(H2,16,18). The van der Waals surface area contributed by atoms with Gasteiger partial charge in [-0.25, -0.2) is 0 Å². The lowest BCUT2D eigenvalue weighted by atomic mass is 10.00. The van der Waals surface area contributed by atoms with E-state index in [1.807, 2.05) is 0 Å². The summed E-state index contributed by atoms with van der Waals surface area (Å²) >= 11 is 0. The van der Waals surface area contributed by atoms with Gasteiger partial charge in [0.1, 0.15) is 11.9 Å². The molecule has 0 aromatic heterocycles. The van der Waals surface area contributed by atoms with Gasteiger partial charge < -0.3 is 26.4 Å². The second-order valence-corrected chi connectivity index (χ2v) is 4.02. The van der Waals surface area contributed by atoms with Crippen molar-refractivity contribution in [3.05, 3.63) is 23.8 Å². The maximum atomic E-state index is 12.1. The Balaban J connectivity index is 2.98. The molecule has 0 heterocycles. The number of anilines is 1. The van der Waals surface area contributed by atoms with Crippen LogP contribution in [0.15, 0.2) is 18.2 Å². The smallest absolute Gasteiger partial charge is 0.406 e. The Kier molecular flexibility index (Phi) is 4.79. The van der Waals surface area contributed by atoms with Crippen molar-refractivity contribution in [3.8, 4) is 5.75 Å². The molecule has 0 fully saturated rings. The average molecular weight is 294 g/mol. The number of ether oxygens (including phenoxy) is 1. The van der Waals surface area contributed by atoms with Crippen LogP contribution in [0.5, 0.6) is 5.75 Å². The van der Waals surface area contributed by atoms with E-state index >= 15 is 0 Å². The molecule has 6 nitrogen and oxygen atoms in total. The number of benzene rings is 1. The number of aliphatic hydroxyl groups excluding tert-OH is 2. The summed E-state index contributed by atoms with van der Waals surface area (Å²) in [6, 6.07) is 2.87. The number of nitrogen functional groups attached to an aromatic ring is 1. The first-order valence-corrected chi connectivity index (χ1v) is 5.39. The van der Waals surface area contributed by atoms with E-state index < -0.39 is 36.6 Å². The van der Waals surface area contributed by atoms with Gasteiger partial charge in [0, 0.05) is 11.3 Å². The number of primary amides is 1. The summed E-state index contributed by atoms with van der Waals surface area (Å²) in [5.74, 6) is -1.48. The van der Waals surface area contributed by atoms with Crippen molar-refractivity contribution in [2.75, 3.05) is 5.73 Å². The van der Waals surface area contributed by atoms with Crippen LogP contribution in [-0.4, -0.2) is 28.6 Å². The summed E-state index contributed by atoms with van der Waals surface area (Å²) in [6.45, 7) is 0. The number of aliphatic hydroxyl groups is 2. The number of hydrogen-bond donors (Lipinski definition) is 4. The van der Waals surface area contributed by atoms with Gasteiger partial charge in [-0.1, -0.05) is 0 Å². The summed E-state index contributed by atoms with van der Waals surface area (Å²) in [7, 11) is 0. The molecule has 0 radical (unpaired) electrons. The van der Waals surface area contributed by atoms with E-state index in [2.05, 4.69) is 4.74 Å². The minimum atomic E-state index is -4.90. The molecular formula is C11H13F3N2O4. The van der Waals surface area contributed by atoms with E-state index in [4.69, 9.17) is 11.5 Å². The van der Waals surface area contributed by atoms with Crippen LogP contribution in [0.2, 0.25) is 0 Å². The monoisotopic (exact) mass is 294 g/mol. The molecule has 112 valence electrons. The summed E-state index contributed by atoms with van der Waals surface area (Å²) in [5, 5.41) is 19.3. The largest absolute Gasteiger partial charge is 0.573 e. The summed E-state index contributed by atoms with van der Waals surface area (Å²) < 4.78 is 39.9. The van der Waals surface area contributed by atoms with Gasteiger partial charge in [0.15, 0.2) is 0 Å². The van der Waals surface area contributed by atoms with Crippen LogP contribution in [0.4, 0.5) is 18.9 Å². The lowest BCUT2D eigenvalue weighted by molar-refractivity contribution is -0.274. The van der Waals surface area contributed by atoms with Crippen LogP contribution in [-0.2, 0) is 4.79 Å². The molecule has 0 aliphatic carbocycles. The zero-order chi connectivity index (χ0) is 15.5. The van der Waals surface area contributed by atoms with Crippen LogP contribution in [0.3, 0.4) is 0 Å². The van der Waals surface area contributed by atoms with Crippen LogP contribution in [0.1, 0.15) is 18.1 Å². The molecule has 2 unspecified atom stereocenters. The molecule has 9 heteroatoms. The molecule has 0 spiro atoms. The molecule has 0 bridgehead atoms. The minimum absolute atomic E-state index is 0.0597. The van der Waals surface area contributed by atoms with E-state index in [-0.39, 0.29) is 11.3 Å². The lowest BCUT2D eigenvalue weighted by Gasteiger charge is -2.19. The van der Waals surface area contributed by atoms with Crippen molar-refractivity contribution in [1.29, 1.82) is 0 Å².